The first-order valence-corrected chi connectivity index (χ1v) is 10.9. The van der Waals surface area contributed by atoms with Gasteiger partial charge in [0.2, 0.25) is 0 Å². The van der Waals surface area contributed by atoms with Gasteiger partial charge in [-0.3, -0.25) is 4.79 Å². The molecule has 0 aromatic rings. The van der Waals surface area contributed by atoms with E-state index in [4.69, 9.17) is 5.11 Å². The SMILES string of the molecule is C[C@@]12CC[C@H](O)[C@@H](C=CC(O)C3CCCCC3)[C@@H]1CC2=CCCCC(=O)O. The normalized spacial score (nSPS) is 37.1. The van der Waals surface area contributed by atoms with Crippen molar-refractivity contribution in [1.29, 1.82) is 0 Å². The maximum absolute atomic E-state index is 10.7. The Balaban J connectivity index is 1.59. The summed E-state index contributed by atoms with van der Waals surface area (Å²) in [5.74, 6) is 0.210. The third-order valence-electron chi connectivity index (χ3n) is 7.51. The van der Waals surface area contributed by atoms with Crippen molar-refractivity contribution in [1.82, 2.24) is 0 Å². The second-order valence-corrected chi connectivity index (χ2v) is 9.20. The van der Waals surface area contributed by atoms with Crippen molar-refractivity contribution < 1.29 is 20.1 Å². The van der Waals surface area contributed by atoms with Crippen LogP contribution in [0.2, 0.25) is 0 Å². The average Bonchev–Trinajstić information content (AvgIpc) is 2.65. The number of unbranched alkanes of at least 4 members (excludes halogenated alkanes) is 1. The van der Waals surface area contributed by atoms with Gasteiger partial charge in [-0.1, -0.05) is 50.0 Å². The molecule has 3 saturated carbocycles. The van der Waals surface area contributed by atoms with Gasteiger partial charge < -0.3 is 15.3 Å². The third-order valence-corrected chi connectivity index (χ3v) is 7.51. The Morgan fingerprint density at radius 1 is 1.26 bits per heavy atom. The maximum Gasteiger partial charge on any atom is 0.303 e. The zero-order chi connectivity index (χ0) is 19.4. The molecule has 0 heterocycles. The highest BCUT2D eigenvalue weighted by molar-refractivity contribution is 5.66. The van der Waals surface area contributed by atoms with Crippen LogP contribution in [0.1, 0.15) is 77.6 Å². The highest BCUT2D eigenvalue weighted by atomic mass is 16.4. The summed E-state index contributed by atoms with van der Waals surface area (Å²) in [5.41, 5.74) is 1.57. The van der Waals surface area contributed by atoms with Crippen LogP contribution in [0.15, 0.2) is 23.8 Å². The largest absolute Gasteiger partial charge is 0.481 e. The number of carboxylic acid groups (broad SMARTS) is 1. The van der Waals surface area contributed by atoms with E-state index in [1.54, 1.807) is 0 Å². The number of aliphatic hydroxyl groups excluding tert-OH is 2. The Bertz CT molecular complexity index is 575. The van der Waals surface area contributed by atoms with Gasteiger partial charge in [-0.15, -0.1) is 0 Å². The summed E-state index contributed by atoms with van der Waals surface area (Å²) in [4.78, 5) is 10.7. The summed E-state index contributed by atoms with van der Waals surface area (Å²) in [7, 11) is 0. The Kier molecular flexibility index (Phi) is 6.80. The van der Waals surface area contributed by atoms with E-state index in [0.717, 1.165) is 38.5 Å². The molecule has 3 aliphatic rings. The molecule has 0 amide bonds. The van der Waals surface area contributed by atoms with Crippen molar-refractivity contribution in [2.24, 2.45) is 23.2 Å². The number of rotatable bonds is 7. The monoisotopic (exact) mass is 376 g/mol. The number of aliphatic carboxylic acids is 1. The number of carbonyl (C=O) groups is 1. The highest BCUT2D eigenvalue weighted by Gasteiger charge is 2.53. The predicted molar refractivity (Wildman–Crippen MR) is 106 cm³/mol. The number of hydrogen-bond donors (Lipinski definition) is 3. The quantitative estimate of drug-likeness (QED) is 0.453. The van der Waals surface area contributed by atoms with E-state index in [1.165, 1.54) is 24.8 Å². The zero-order valence-electron chi connectivity index (χ0n) is 16.6. The summed E-state index contributed by atoms with van der Waals surface area (Å²) in [6, 6.07) is 0. The van der Waals surface area contributed by atoms with Gasteiger partial charge in [0.1, 0.15) is 0 Å². The summed E-state index contributed by atoms with van der Waals surface area (Å²) in [5, 5.41) is 29.9. The zero-order valence-corrected chi connectivity index (χ0v) is 16.6. The van der Waals surface area contributed by atoms with Crippen LogP contribution in [0, 0.1) is 23.2 Å². The lowest BCUT2D eigenvalue weighted by Crippen LogP contribution is -2.51. The Morgan fingerprint density at radius 2 is 2.00 bits per heavy atom. The van der Waals surface area contributed by atoms with Crippen LogP contribution in [0.3, 0.4) is 0 Å². The lowest BCUT2D eigenvalue weighted by Gasteiger charge is -2.57. The van der Waals surface area contributed by atoms with Crippen LogP contribution < -0.4 is 0 Å². The van der Waals surface area contributed by atoms with Crippen molar-refractivity contribution in [2.45, 2.75) is 89.8 Å². The number of fused-ring (bicyclic) bond motifs is 1. The molecule has 0 bridgehead atoms. The van der Waals surface area contributed by atoms with E-state index in [1.807, 2.05) is 6.08 Å². The van der Waals surface area contributed by atoms with Gasteiger partial charge >= 0.3 is 5.97 Å². The molecule has 0 saturated heterocycles. The first-order chi connectivity index (χ1) is 12.9. The van der Waals surface area contributed by atoms with Crippen LogP contribution in [0.5, 0.6) is 0 Å². The molecule has 3 rings (SSSR count). The summed E-state index contributed by atoms with van der Waals surface area (Å²) >= 11 is 0. The lowest BCUT2D eigenvalue weighted by molar-refractivity contribution is -0.137. The highest BCUT2D eigenvalue weighted by Crippen LogP contribution is 2.61. The number of aliphatic hydroxyl groups is 2. The fourth-order valence-electron chi connectivity index (χ4n) is 5.60. The topological polar surface area (TPSA) is 77.8 Å². The lowest BCUT2D eigenvalue weighted by atomic mass is 9.48. The molecule has 3 N–H and O–H groups in total. The van der Waals surface area contributed by atoms with Crippen LogP contribution in [-0.4, -0.2) is 33.5 Å². The van der Waals surface area contributed by atoms with E-state index in [0.29, 0.717) is 18.3 Å². The van der Waals surface area contributed by atoms with Gasteiger partial charge in [-0.2, -0.15) is 0 Å². The molecule has 5 atom stereocenters. The standard InChI is InChI=1S/C23H36O4/c1-23-14-13-21(25)18(11-12-20(24)16-7-3-2-4-8-16)19(23)15-17(23)9-5-6-10-22(26)27/h9,11-12,16,18-21,24-25H,2-8,10,13-15H2,1H3,(H,26,27)/t18-,19-,20?,21-,23-/m0/s1. The molecule has 0 aromatic heterocycles. The van der Waals surface area contributed by atoms with E-state index >= 15 is 0 Å². The van der Waals surface area contributed by atoms with E-state index in [9.17, 15) is 15.0 Å². The number of allylic oxidation sites excluding steroid dienone is 2. The predicted octanol–water partition coefficient (Wildman–Crippen LogP) is 4.46. The van der Waals surface area contributed by atoms with Gasteiger partial charge in [0, 0.05) is 12.3 Å². The molecule has 152 valence electrons. The van der Waals surface area contributed by atoms with Crippen molar-refractivity contribution in [3.05, 3.63) is 23.8 Å². The van der Waals surface area contributed by atoms with Gasteiger partial charge in [0.25, 0.3) is 0 Å². The first kappa shape index (κ1) is 20.6. The first-order valence-electron chi connectivity index (χ1n) is 10.9. The molecule has 3 aliphatic carbocycles. The minimum Gasteiger partial charge on any atom is -0.481 e. The van der Waals surface area contributed by atoms with Crippen molar-refractivity contribution in [3.63, 3.8) is 0 Å². The molecule has 0 spiro atoms. The third kappa shape index (κ3) is 4.65. The minimum absolute atomic E-state index is 0.123. The number of hydrogen-bond acceptors (Lipinski definition) is 3. The second kappa shape index (κ2) is 8.91. The average molecular weight is 377 g/mol. The second-order valence-electron chi connectivity index (χ2n) is 9.20. The summed E-state index contributed by atoms with van der Waals surface area (Å²) in [6.45, 7) is 2.30. The molecule has 3 fully saturated rings. The van der Waals surface area contributed by atoms with Gasteiger partial charge in [0.15, 0.2) is 0 Å². The molecule has 0 aromatic carbocycles. The van der Waals surface area contributed by atoms with E-state index in [-0.39, 0.29) is 30.0 Å². The van der Waals surface area contributed by atoms with Crippen LogP contribution in [0.4, 0.5) is 0 Å². The van der Waals surface area contributed by atoms with E-state index in [2.05, 4.69) is 19.1 Å². The molecular formula is C23H36O4. The molecule has 4 nitrogen and oxygen atoms in total. The van der Waals surface area contributed by atoms with Crippen LogP contribution >= 0.6 is 0 Å². The molecule has 0 radical (unpaired) electrons. The minimum atomic E-state index is -0.728. The van der Waals surface area contributed by atoms with Crippen LogP contribution in [-0.2, 0) is 4.79 Å². The molecule has 4 heteroatoms. The van der Waals surface area contributed by atoms with Gasteiger partial charge in [-0.25, -0.2) is 0 Å². The Morgan fingerprint density at radius 3 is 2.70 bits per heavy atom. The summed E-state index contributed by atoms with van der Waals surface area (Å²) in [6.07, 6.45) is 16.1. The van der Waals surface area contributed by atoms with Gasteiger partial charge in [0.05, 0.1) is 12.2 Å². The fraction of sp³-hybridized carbons (Fsp3) is 0.783. The molecule has 0 aliphatic heterocycles. The Hall–Kier alpha value is -1.13. The molecule has 1 unspecified atom stereocenters. The van der Waals surface area contributed by atoms with Crippen molar-refractivity contribution in [3.8, 4) is 0 Å². The van der Waals surface area contributed by atoms with Crippen molar-refractivity contribution in [2.75, 3.05) is 0 Å². The summed E-state index contributed by atoms with van der Waals surface area (Å²) < 4.78 is 0. The van der Waals surface area contributed by atoms with Crippen LogP contribution in [0.25, 0.3) is 0 Å². The smallest absolute Gasteiger partial charge is 0.303 e. The number of carboxylic acids is 1. The molecular weight excluding hydrogens is 340 g/mol. The fourth-order valence-corrected chi connectivity index (χ4v) is 5.60. The molecule has 27 heavy (non-hydrogen) atoms. The maximum atomic E-state index is 10.7. The van der Waals surface area contributed by atoms with Crippen molar-refractivity contribution >= 4 is 5.97 Å². The van der Waals surface area contributed by atoms with E-state index < -0.39 is 5.97 Å². The Labute approximate surface area is 163 Å². The van der Waals surface area contributed by atoms with Gasteiger partial charge in [-0.05, 0) is 62.2 Å².